The highest BCUT2D eigenvalue weighted by molar-refractivity contribution is 7.92. The molecule has 0 aliphatic heterocycles. The van der Waals surface area contributed by atoms with E-state index in [4.69, 9.17) is 27.9 Å². The monoisotopic (exact) mass is 699 g/mol. The molecule has 4 aromatic rings. The lowest BCUT2D eigenvalue weighted by Gasteiger charge is -2.34. The summed E-state index contributed by atoms with van der Waals surface area (Å²) in [6, 6.07) is 23.6. The van der Waals surface area contributed by atoms with Crippen LogP contribution in [-0.2, 0) is 32.6 Å². The molecule has 4 rings (SSSR count). The second-order valence-corrected chi connectivity index (χ2v) is 13.3. The van der Waals surface area contributed by atoms with Crippen LogP contribution in [0, 0.1) is 5.82 Å². The Morgan fingerprint density at radius 2 is 1.51 bits per heavy atom. The minimum absolute atomic E-state index is 0.137. The van der Waals surface area contributed by atoms with Gasteiger partial charge in [0.25, 0.3) is 10.0 Å². The van der Waals surface area contributed by atoms with Gasteiger partial charge in [0.1, 0.15) is 24.2 Å². The van der Waals surface area contributed by atoms with Crippen LogP contribution in [-0.4, -0.2) is 50.9 Å². The number of amides is 2. The van der Waals surface area contributed by atoms with Gasteiger partial charge in [-0.15, -0.1) is 0 Å². The molecule has 1 atom stereocenters. The minimum atomic E-state index is -4.41. The number of hydrogen-bond donors (Lipinski definition) is 1. The van der Waals surface area contributed by atoms with Gasteiger partial charge in [-0.1, -0.05) is 66.5 Å². The fourth-order valence-corrected chi connectivity index (χ4v) is 6.84. The molecule has 1 N–H and O–H groups in total. The molecule has 0 aliphatic rings. The topological polar surface area (TPSA) is 96.0 Å². The standard InChI is InChI=1S/C35H36Cl2FN3O5S/c1-3-21-39-35(43)33(22-25-9-6-5-7-10-25)40(23-30-31(36)11-8-12-32(30)37)34(42)24-41(27-15-17-28(18-16-27)46-4-2)47(44,45)29-19-13-26(38)14-20-29/h5-20,33H,3-4,21-24H2,1-2H3,(H,39,43)/t33-/m0/s1. The van der Waals surface area contributed by atoms with E-state index in [1.807, 2.05) is 44.2 Å². The molecule has 0 heterocycles. The molecule has 0 saturated heterocycles. The van der Waals surface area contributed by atoms with Crippen molar-refractivity contribution in [2.45, 2.75) is 44.2 Å². The van der Waals surface area contributed by atoms with Gasteiger partial charge in [0.15, 0.2) is 0 Å². The summed E-state index contributed by atoms with van der Waals surface area (Å²) in [5, 5.41) is 3.45. The maximum Gasteiger partial charge on any atom is 0.264 e. The molecule has 248 valence electrons. The third kappa shape index (κ3) is 9.24. The Bertz CT molecular complexity index is 1740. The maximum absolute atomic E-state index is 14.5. The van der Waals surface area contributed by atoms with Crippen LogP contribution in [0.1, 0.15) is 31.4 Å². The Morgan fingerprint density at radius 1 is 0.872 bits per heavy atom. The van der Waals surface area contributed by atoms with Crippen LogP contribution in [0.3, 0.4) is 0 Å². The number of ether oxygens (including phenoxy) is 1. The van der Waals surface area contributed by atoms with Crippen LogP contribution in [0.4, 0.5) is 10.1 Å². The van der Waals surface area contributed by atoms with Gasteiger partial charge in [-0.05, 0) is 79.6 Å². The molecular weight excluding hydrogens is 664 g/mol. The van der Waals surface area contributed by atoms with Crippen molar-refractivity contribution in [3.05, 3.63) is 124 Å². The first-order chi connectivity index (χ1) is 22.5. The number of nitrogens with zero attached hydrogens (tertiary/aromatic N) is 2. The highest BCUT2D eigenvalue weighted by Crippen LogP contribution is 2.30. The van der Waals surface area contributed by atoms with Crippen molar-refractivity contribution < 1.29 is 27.1 Å². The van der Waals surface area contributed by atoms with Gasteiger partial charge in [0.2, 0.25) is 11.8 Å². The van der Waals surface area contributed by atoms with Gasteiger partial charge in [0, 0.05) is 35.1 Å². The first-order valence-electron chi connectivity index (χ1n) is 15.1. The molecule has 0 aliphatic carbocycles. The molecule has 0 fully saturated rings. The Balaban J connectivity index is 1.83. The normalized spacial score (nSPS) is 11.9. The summed E-state index contributed by atoms with van der Waals surface area (Å²) in [5.74, 6) is -1.21. The molecule has 0 radical (unpaired) electrons. The van der Waals surface area contributed by atoms with Crippen LogP contribution < -0.4 is 14.4 Å². The zero-order valence-corrected chi connectivity index (χ0v) is 28.4. The summed E-state index contributed by atoms with van der Waals surface area (Å²) < 4.78 is 48.4. The number of anilines is 1. The van der Waals surface area contributed by atoms with E-state index < -0.39 is 40.2 Å². The second-order valence-electron chi connectivity index (χ2n) is 10.6. The lowest BCUT2D eigenvalue weighted by molar-refractivity contribution is -0.140. The van der Waals surface area contributed by atoms with E-state index in [9.17, 15) is 22.4 Å². The average Bonchev–Trinajstić information content (AvgIpc) is 3.06. The molecule has 0 spiro atoms. The largest absolute Gasteiger partial charge is 0.494 e. The van der Waals surface area contributed by atoms with Crippen LogP contribution in [0.25, 0.3) is 0 Å². The zero-order valence-electron chi connectivity index (χ0n) is 26.0. The molecular formula is C35H36Cl2FN3O5S. The summed E-state index contributed by atoms with van der Waals surface area (Å²) in [5.41, 5.74) is 1.35. The van der Waals surface area contributed by atoms with Gasteiger partial charge in [-0.3, -0.25) is 13.9 Å². The molecule has 0 aromatic heterocycles. The Hall–Kier alpha value is -4.12. The van der Waals surface area contributed by atoms with Crippen molar-refractivity contribution in [3.63, 3.8) is 0 Å². The van der Waals surface area contributed by atoms with Gasteiger partial charge in [-0.25, -0.2) is 12.8 Å². The minimum Gasteiger partial charge on any atom is -0.494 e. The van der Waals surface area contributed by atoms with E-state index in [2.05, 4.69) is 5.32 Å². The highest BCUT2D eigenvalue weighted by Gasteiger charge is 2.35. The van der Waals surface area contributed by atoms with Crippen LogP contribution in [0.2, 0.25) is 10.0 Å². The third-order valence-electron chi connectivity index (χ3n) is 7.33. The van der Waals surface area contributed by atoms with Crippen molar-refractivity contribution >= 4 is 50.7 Å². The molecule has 0 bridgehead atoms. The predicted molar refractivity (Wildman–Crippen MR) is 183 cm³/mol. The Labute approximate surface area is 285 Å². The molecule has 4 aromatic carbocycles. The number of carbonyl (C=O) groups is 2. The molecule has 47 heavy (non-hydrogen) atoms. The molecule has 0 unspecified atom stereocenters. The fourth-order valence-electron chi connectivity index (χ4n) is 4.91. The van der Waals surface area contributed by atoms with Crippen LogP contribution in [0.15, 0.2) is 102 Å². The molecule has 8 nitrogen and oxygen atoms in total. The predicted octanol–water partition coefficient (Wildman–Crippen LogP) is 6.89. The summed E-state index contributed by atoms with van der Waals surface area (Å²) in [4.78, 5) is 29.4. The number of hydrogen-bond acceptors (Lipinski definition) is 5. The fraction of sp³-hybridized carbons (Fsp3) is 0.257. The van der Waals surface area contributed by atoms with Gasteiger partial charge >= 0.3 is 0 Å². The van der Waals surface area contributed by atoms with Crippen molar-refractivity contribution in [2.24, 2.45) is 0 Å². The van der Waals surface area contributed by atoms with Crippen molar-refractivity contribution in [1.82, 2.24) is 10.2 Å². The smallest absolute Gasteiger partial charge is 0.264 e. The summed E-state index contributed by atoms with van der Waals surface area (Å²) in [6.45, 7) is 3.63. The van der Waals surface area contributed by atoms with Crippen LogP contribution in [0.5, 0.6) is 5.75 Å². The SMILES string of the molecule is CCCNC(=O)[C@H](Cc1ccccc1)N(Cc1c(Cl)cccc1Cl)C(=O)CN(c1ccc(OCC)cc1)S(=O)(=O)c1ccc(F)cc1. The van der Waals surface area contributed by atoms with E-state index in [1.165, 1.54) is 17.0 Å². The number of halogens is 3. The van der Waals surface area contributed by atoms with Crippen molar-refractivity contribution in [1.29, 1.82) is 0 Å². The maximum atomic E-state index is 14.5. The van der Waals surface area contributed by atoms with Crippen molar-refractivity contribution in [2.75, 3.05) is 24.0 Å². The lowest BCUT2D eigenvalue weighted by Crippen LogP contribution is -2.53. The average molecular weight is 701 g/mol. The highest BCUT2D eigenvalue weighted by atomic mass is 35.5. The summed E-state index contributed by atoms with van der Waals surface area (Å²) >= 11 is 13.1. The first-order valence-corrected chi connectivity index (χ1v) is 17.3. The van der Waals surface area contributed by atoms with E-state index in [0.717, 1.165) is 34.1 Å². The zero-order chi connectivity index (χ0) is 34.0. The number of rotatable bonds is 15. The third-order valence-corrected chi connectivity index (χ3v) is 9.82. The van der Waals surface area contributed by atoms with Crippen molar-refractivity contribution in [3.8, 4) is 5.75 Å². The van der Waals surface area contributed by atoms with E-state index in [-0.39, 0.29) is 33.6 Å². The quantitative estimate of drug-likeness (QED) is 0.146. The number of nitrogens with one attached hydrogen (secondary N) is 1. The molecule has 12 heteroatoms. The van der Waals surface area contributed by atoms with E-state index >= 15 is 0 Å². The van der Waals surface area contributed by atoms with Gasteiger partial charge in [-0.2, -0.15) is 0 Å². The van der Waals surface area contributed by atoms with E-state index in [0.29, 0.717) is 30.9 Å². The Morgan fingerprint density at radius 3 is 2.11 bits per heavy atom. The first kappa shape index (κ1) is 35.7. The number of sulfonamides is 1. The summed E-state index contributed by atoms with van der Waals surface area (Å²) in [6.07, 6.45) is 0.799. The lowest BCUT2D eigenvalue weighted by atomic mass is 10.0. The van der Waals surface area contributed by atoms with Crippen LogP contribution >= 0.6 is 23.2 Å². The van der Waals surface area contributed by atoms with Gasteiger partial charge in [0.05, 0.1) is 17.2 Å². The number of carbonyl (C=O) groups excluding carboxylic acids is 2. The molecule has 0 saturated carbocycles. The van der Waals surface area contributed by atoms with E-state index in [1.54, 1.807) is 30.3 Å². The second kappa shape index (κ2) is 16.6. The number of benzene rings is 4. The van der Waals surface area contributed by atoms with Gasteiger partial charge < -0.3 is 15.0 Å². The summed E-state index contributed by atoms with van der Waals surface area (Å²) in [7, 11) is -4.41. The molecule has 2 amide bonds. The Kier molecular flexibility index (Phi) is 12.6.